The number of carbonyl (C=O) groups excluding carboxylic acids is 4. The highest BCUT2D eigenvalue weighted by Gasteiger charge is 2.75. The molecule has 2 heterocycles. The van der Waals surface area contributed by atoms with Gasteiger partial charge in [0.15, 0.2) is 21.2 Å². The Bertz CT molecular complexity index is 1610. The number of carbonyl (C=O) groups is 5. The number of likely N-dealkylation sites (tertiary alicyclic amines) is 1. The van der Waals surface area contributed by atoms with E-state index in [1.54, 1.807) is 12.1 Å². The number of allylic oxidation sites excluding steroid dienone is 2. The second-order valence-corrected chi connectivity index (χ2v) is 12.0. The third kappa shape index (κ3) is 3.47. The van der Waals surface area contributed by atoms with Crippen molar-refractivity contribution in [3.05, 3.63) is 65.2 Å². The molecular formula is C29H24Cl2N2O8. The highest BCUT2D eigenvalue weighted by Crippen LogP contribution is 2.65. The average molecular weight is 599 g/mol. The number of carboxylic acid groups (broad SMARTS) is 1. The van der Waals surface area contributed by atoms with Crippen molar-refractivity contribution >= 4 is 58.5 Å². The van der Waals surface area contributed by atoms with Crippen molar-refractivity contribution in [3.8, 4) is 11.5 Å². The first-order valence-electron chi connectivity index (χ1n) is 12.8. The van der Waals surface area contributed by atoms with Crippen LogP contribution < -0.4 is 9.64 Å². The number of amides is 4. The van der Waals surface area contributed by atoms with Gasteiger partial charge in [-0.3, -0.25) is 29.0 Å². The maximum absolute atomic E-state index is 14.0. The molecule has 2 aliphatic carbocycles. The number of imide groups is 2. The Morgan fingerprint density at radius 1 is 1.02 bits per heavy atom. The zero-order chi connectivity index (χ0) is 29.6. The van der Waals surface area contributed by atoms with Crippen LogP contribution in [0.5, 0.6) is 11.5 Å². The third-order valence-corrected chi connectivity index (χ3v) is 10.3. The summed E-state index contributed by atoms with van der Waals surface area (Å²) in [7, 11) is 2.66. The number of aromatic hydroxyl groups is 1. The molecule has 6 unspecified atom stereocenters. The Kier molecular flexibility index (Phi) is 6.03. The van der Waals surface area contributed by atoms with Crippen molar-refractivity contribution in [2.24, 2.45) is 17.8 Å². The minimum Gasteiger partial charge on any atom is -0.504 e. The first kappa shape index (κ1) is 27.3. The lowest BCUT2D eigenvalue weighted by atomic mass is 9.56. The number of aromatic carboxylic acids is 1. The van der Waals surface area contributed by atoms with Gasteiger partial charge in [0, 0.05) is 13.0 Å². The lowest BCUT2D eigenvalue weighted by Crippen LogP contribution is -2.60. The van der Waals surface area contributed by atoms with Gasteiger partial charge in [0.05, 0.1) is 30.2 Å². The molecule has 2 N–H and O–H groups in total. The number of nitrogens with zero attached hydrogens (tertiary/aromatic N) is 2. The van der Waals surface area contributed by atoms with Crippen LogP contribution in [-0.2, 0) is 19.2 Å². The number of hydrogen-bond acceptors (Lipinski definition) is 7. The summed E-state index contributed by atoms with van der Waals surface area (Å²) < 4.78 is 5.29. The number of anilines is 1. The number of halogens is 2. The van der Waals surface area contributed by atoms with E-state index in [9.17, 15) is 34.2 Å². The van der Waals surface area contributed by atoms with E-state index in [-0.39, 0.29) is 35.6 Å². The first-order valence-corrected chi connectivity index (χ1v) is 13.6. The molecule has 0 radical (unpaired) electrons. The van der Waals surface area contributed by atoms with Crippen molar-refractivity contribution in [2.45, 2.75) is 28.5 Å². The molecule has 0 aromatic heterocycles. The molecule has 2 aromatic carbocycles. The highest BCUT2D eigenvalue weighted by molar-refractivity contribution is 6.53. The molecule has 1 saturated carbocycles. The van der Waals surface area contributed by atoms with E-state index < -0.39 is 63.0 Å². The van der Waals surface area contributed by atoms with E-state index in [2.05, 4.69) is 0 Å². The molecule has 0 bridgehead atoms. The zero-order valence-electron chi connectivity index (χ0n) is 21.8. The second-order valence-electron chi connectivity index (χ2n) is 10.8. The van der Waals surface area contributed by atoms with Crippen LogP contribution in [0, 0.1) is 17.8 Å². The van der Waals surface area contributed by atoms with E-state index in [0.29, 0.717) is 11.1 Å². The zero-order valence-corrected chi connectivity index (χ0v) is 23.3. The van der Waals surface area contributed by atoms with Crippen LogP contribution in [0.1, 0.15) is 34.7 Å². The molecule has 2 aromatic rings. The number of carboxylic acids is 1. The van der Waals surface area contributed by atoms with Gasteiger partial charge in [-0.2, -0.15) is 0 Å². The van der Waals surface area contributed by atoms with Gasteiger partial charge < -0.3 is 14.9 Å². The van der Waals surface area contributed by atoms with Crippen LogP contribution in [0.2, 0.25) is 0 Å². The summed E-state index contributed by atoms with van der Waals surface area (Å²) in [5, 5.41) is 19.7. The van der Waals surface area contributed by atoms with Crippen molar-refractivity contribution in [1.29, 1.82) is 0 Å². The maximum atomic E-state index is 14.0. The normalized spacial score (nSPS) is 32.4. The molecular weight excluding hydrogens is 575 g/mol. The van der Waals surface area contributed by atoms with Gasteiger partial charge in [-0.25, -0.2) is 4.79 Å². The molecule has 3 fully saturated rings. The Morgan fingerprint density at radius 3 is 2.44 bits per heavy atom. The van der Waals surface area contributed by atoms with Crippen molar-refractivity contribution in [2.75, 3.05) is 19.1 Å². The molecule has 212 valence electrons. The maximum Gasteiger partial charge on any atom is 0.335 e. The number of benzene rings is 2. The van der Waals surface area contributed by atoms with E-state index in [1.165, 1.54) is 50.6 Å². The Balaban J connectivity index is 1.51. The largest absolute Gasteiger partial charge is 0.504 e. The van der Waals surface area contributed by atoms with Crippen LogP contribution in [0.15, 0.2) is 54.1 Å². The Morgan fingerprint density at radius 2 is 1.76 bits per heavy atom. The first-order chi connectivity index (χ1) is 19.4. The summed E-state index contributed by atoms with van der Waals surface area (Å²) in [5.41, 5.74) is 1.07. The number of rotatable bonds is 4. The minimum atomic E-state index is -1.96. The fourth-order valence-electron chi connectivity index (χ4n) is 7.02. The molecule has 12 heteroatoms. The van der Waals surface area contributed by atoms with Gasteiger partial charge in [0.1, 0.15) is 0 Å². The topological polar surface area (TPSA) is 142 Å². The number of ether oxygens (including phenoxy) is 1. The molecule has 2 aliphatic heterocycles. The van der Waals surface area contributed by atoms with Gasteiger partial charge in [0.25, 0.3) is 11.8 Å². The number of phenols is 1. The van der Waals surface area contributed by atoms with Gasteiger partial charge in [0.2, 0.25) is 11.8 Å². The second kappa shape index (κ2) is 9.06. The molecule has 41 heavy (non-hydrogen) atoms. The fourth-order valence-corrected chi connectivity index (χ4v) is 8.04. The van der Waals surface area contributed by atoms with E-state index in [4.69, 9.17) is 27.9 Å². The fraction of sp³-hybridized carbons (Fsp3) is 0.345. The number of fused-ring (bicyclic) bond motifs is 4. The highest BCUT2D eigenvalue weighted by atomic mass is 35.5. The predicted molar refractivity (Wildman–Crippen MR) is 146 cm³/mol. The number of methoxy groups -OCH3 is 1. The van der Waals surface area contributed by atoms with Gasteiger partial charge in [-0.1, -0.05) is 23.8 Å². The number of alkyl halides is 2. The summed E-state index contributed by atoms with van der Waals surface area (Å²) in [6.45, 7) is 0. The lowest BCUT2D eigenvalue weighted by Gasteiger charge is -2.50. The Hall–Kier alpha value is -3.89. The predicted octanol–water partition coefficient (Wildman–Crippen LogP) is 3.29. The molecule has 0 spiro atoms. The smallest absolute Gasteiger partial charge is 0.335 e. The number of phenolic OH excluding ortho intramolecular Hbond substituents is 1. The van der Waals surface area contributed by atoms with Crippen molar-refractivity contribution in [1.82, 2.24) is 4.90 Å². The summed E-state index contributed by atoms with van der Waals surface area (Å²) >= 11 is 14.3. The summed E-state index contributed by atoms with van der Waals surface area (Å²) in [5.74, 6) is -7.13. The van der Waals surface area contributed by atoms with Crippen molar-refractivity contribution in [3.63, 3.8) is 0 Å². The third-order valence-electron chi connectivity index (χ3n) is 8.90. The number of hydrogen-bond donors (Lipinski definition) is 2. The SMILES string of the molecule is COc1cc(C2C3=CCC4C(=O)N(c5cccc(C(=O)O)c5)C(=O)C4C3CC3(Cl)C(=O)N(C)C(=O)C23Cl)ccc1O. The monoisotopic (exact) mass is 598 g/mol. The van der Waals surface area contributed by atoms with Crippen LogP contribution >= 0.6 is 23.2 Å². The molecule has 2 saturated heterocycles. The van der Waals surface area contributed by atoms with E-state index in [0.717, 1.165) is 9.80 Å². The quantitative estimate of drug-likeness (QED) is 0.310. The molecule has 10 nitrogen and oxygen atoms in total. The molecule has 4 amide bonds. The van der Waals surface area contributed by atoms with Crippen LogP contribution in [0.25, 0.3) is 0 Å². The van der Waals surface area contributed by atoms with Crippen LogP contribution in [0.4, 0.5) is 5.69 Å². The van der Waals surface area contributed by atoms with Gasteiger partial charge in [-0.05, 0) is 54.7 Å². The minimum absolute atomic E-state index is 0.0828. The molecule has 6 atom stereocenters. The van der Waals surface area contributed by atoms with Gasteiger partial charge >= 0.3 is 5.97 Å². The van der Waals surface area contributed by atoms with E-state index in [1.807, 2.05) is 0 Å². The Labute approximate surface area is 244 Å². The lowest BCUT2D eigenvalue weighted by molar-refractivity contribution is -0.138. The van der Waals surface area contributed by atoms with Crippen LogP contribution in [0.3, 0.4) is 0 Å². The molecule has 6 rings (SSSR count). The summed E-state index contributed by atoms with van der Waals surface area (Å²) in [6.07, 6.45) is 1.77. The standard InChI is InChI=1S/C29H24Cl2N2O8/c1-32-26(39)28(30)12-18-16(22(29(28,31)27(32)40)13-6-9-19(34)20(11-13)41-2)7-8-17-21(18)24(36)33(23(17)35)15-5-3-4-14(10-15)25(37)38/h3-7,9-11,17-18,21-22,34H,8,12H2,1-2H3,(H,37,38). The molecule has 4 aliphatic rings. The van der Waals surface area contributed by atoms with Gasteiger partial charge in [-0.15, -0.1) is 23.2 Å². The average Bonchev–Trinajstić information content (AvgIpc) is 3.28. The van der Waals surface area contributed by atoms with E-state index >= 15 is 0 Å². The summed E-state index contributed by atoms with van der Waals surface area (Å²) in [4.78, 5) is 64.3. The van der Waals surface area contributed by atoms with Crippen LogP contribution in [-0.4, -0.2) is 68.6 Å². The van der Waals surface area contributed by atoms with Crippen molar-refractivity contribution < 1.29 is 38.9 Å². The summed E-state index contributed by atoms with van der Waals surface area (Å²) in [6, 6.07) is 10.0.